The van der Waals surface area contributed by atoms with E-state index in [1.165, 1.54) is 0 Å². The van der Waals surface area contributed by atoms with Crippen LogP contribution >= 0.6 is 11.6 Å². The lowest BCUT2D eigenvalue weighted by atomic mass is 10.3. The Labute approximate surface area is 84.0 Å². The van der Waals surface area contributed by atoms with Crippen molar-refractivity contribution in [2.45, 2.75) is 31.2 Å². The van der Waals surface area contributed by atoms with Crippen molar-refractivity contribution in [1.82, 2.24) is 4.90 Å². The minimum absolute atomic E-state index is 0.0451. The summed E-state index contributed by atoms with van der Waals surface area (Å²) in [6, 6.07) is 0. The van der Waals surface area contributed by atoms with Crippen molar-refractivity contribution in [3.05, 3.63) is 0 Å². The number of carbonyl (C=O) groups excluding carboxylic acids is 1. The van der Waals surface area contributed by atoms with E-state index in [9.17, 15) is 4.79 Å². The lowest BCUT2D eigenvalue weighted by Crippen LogP contribution is -2.35. The second-order valence-electron chi connectivity index (χ2n) is 3.31. The van der Waals surface area contributed by atoms with E-state index in [0.717, 1.165) is 13.0 Å². The number of methoxy groups -OCH3 is 1. The van der Waals surface area contributed by atoms with Crippen LogP contribution in [0.3, 0.4) is 0 Å². The lowest BCUT2D eigenvalue weighted by molar-refractivity contribution is -0.130. The molecule has 0 bridgehead atoms. The molecule has 0 spiro atoms. The highest BCUT2D eigenvalue weighted by Crippen LogP contribution is 2.15. The van der Waals surface area contributed by atoms with Gasteiger partial charge in [0.2, 0.25) is 5.91 Å². The Bertz CT molecular complexity index is 186. The molecule has 0 unspecified atom stereocenters. The van der Waals surface area contributed by atoms with Gasteiger partial charge in [-0.05, 0) is 12.8 Å². The van der Waals surface area contributed by atoms with E-state index in [1.54, 1.807) is 12.0 Å². The topological polar surface area (TPSA) is 29.5 Å². The van der Waals surface area contributed by atoms with E-state index in [2.05, 4.69) is 0 Å². The van der Waals surface area contributed by atoms with Crippen molar-refractivity contribution < 1.29 is 9.53 Å². The van der Waals surface area contributed by atoms with Crippen molar-refractivity contribution in [1.29, 1.82) is 0 Å². The highest BCUT2D eigenvalue weighted by molar-refractivity contribution is 6.30. The first-order valence-electron chi connectivity index (χ1n) is 4.64. The Hall–Kier alpha value is -0.280. The SMILES string of the molecule is CC[C@@H](Cl)C(=O)N1CC[C@@H](OC)C1. The maximum Gasteiger partial charge on any atom is 0.240 e. The molecule has 1 amide bonds. The quantitative estimate of drug-likeness (QED) is 0.650. The molecule has 1 fully saturated rings. The van der Waals surface area contributed by atoms with Gasteiger partial charge in [0.05, 0.1) is 6.10 Å². The molecule has 0 aliphatic carbocycles. The highest BCUT2D eigenvalue weighted by atomic mass is 35.5. The number of likely N-dealkylation sites (tertiary alicyclic amines) is 1. The summed E-state index contributed by atoms with van der Waals surface area (Å²) in [6.45, 7) is 3.39. The van der Waals surface area contributed by atoms with Gasteiger partial charge in [0.15, 0.2) is 0 Å². The number of alkyl halides is 1. The molecular weight excluding hydrogens is 190 g/mol. The van der Waals surface area contributed by atoms with E-state index < -0.39 is 0 Å². The van der Waals surface area contributed by atoms with Gasteiger partial charge in [-0.25, -0.2) is 0 Å². The van der Waals surface area contributed by atoms with Gasteiger partial charge in [-0.2, -0.15) is 0 Å². The summed E-state index contributed by atoms with van der Waals surface area (Å²) in [5.74, 6) is 0.0451. The lowest BCUT2D eigenvalue weighted by Gasteiger charge is -2.18. The predicted molar refractivity (Wildman–Crippen MR) is 51.9 cm³/mol. The molecule has 76 valence electrons. The molecule has 1 aliphatic heterocycles. The van der Waals surface area contributed by atoms with Crippen LogP contribution in [0, 0.1) is 0 Å². The number of hydrogen-bond donors (Lipinski definition) is 0. The average Bonchev–Trinajstić information content (AvgIpc) is 2.63. The molecular formula is C9H16ClNO2. The molecule has 0 radical (unpaired) electrons. The van der Waals surface area contributed by atoms with Crippen molar-refractivity contribution in [3.63, 3.8) is 0 Å². The van der Waals surface area contributed by atoms with E-state index in [1.807, 2.05) is 6.92 Å². The number of carbonyl (C=O) groups is 1. The van der Waals surface area contributed by atoms with Crippen LogP contribution in [0.5, 0.6) is 0 Å². The number of ether oxygens (including phenoxy) is 1. The van der Waals surface area contributed by atoms with Crippen molar-refractivity contribution in [2.24, 2.45) is 0 Å². The van der Waals surface area contributed by atoms with Gasteiger partial charge in [-0.3, -0.25) is 4.79 Å². The summed E-state index contributed by atoms with van der Waals surface area (Å²) in [5.41, 5.74) is 0. The van der Waals surface area contributed by atoms with Crippen LogP contribution in [0.1, 0.15) is 19.8 Å². The van der Waals surface area contributed by atoms with Crippen molar-refractivity contribution in [2.75, 3.05) is 20.2 Å². The number of hydrogen-bond acceptors (Lipinski definition) is 2. The summed E-state index contributed by atoms with van der Waals surface area (Å²) >= 11 is 5.85. The predicted octanol–water partition coefficient (Wildman–Crippen LogP) is 1.25. The summed E-state index contributed by atoms with van der Waals surface area (Å²) in [6.07, 6.45) is 1.81. The van der Waals surface area contributed by atoms with E-state index >= 15 is 0 Å². The third-order valence-electron chi connectivity index (χ3n) is 2.42. The van der Waals surface area contributed by atoms with Gasteiger partial charge in [0.25, 0.3) is 0 Å². The summed E-state index contributed by atoms with van der Waals surface area (Å²) in [5, 5.41) is -0.365. The van der Waals surface area contributed by atoms with Gasteiger partial charge >= 0.3 is 0 Å². The third kappa shape index (κ3) is 2.58. The van der Waals surface area contributed by atoms with Gasteiger partial charge < -0.3 is 9.64 Å². The molecule has 1 aliphatic rings. The molecule has 1 rings (SSSR count). The number of halogens is 1. The fourth-order valence-electron chi connectivity index (χ4n) is 1.49. The van der Waals surface area contributed by atoms with E-state index in [0.29, 0.717) is 13.0 Å². The zero-order valence-corrected chi connectivity index (χ0v) is 8.88. The Balaban J connectivity index is 2.41. The van der Waals surface area contributed by atoms with Gasteiger partial charge in [0.1, 0.15) is 5.38 Å². The second-order valence-corrected chi connectivity index (χ2v) is 3.83. The van der Waals surface area contributed by atoms with Crippen LogP contribution in [0.4, 0.5) is 0 Å². The molecule has 4 heteroatoms. The maximum absolute atomic E-state index is 11.6. The molecule has 0 saturated carbocycles. The molecule has 1 heterocycles. The summed E-state index contributed by atoms with van der Waals surface area (Å²) < 4.78 is 5.17. The van der Waals surface area contributed by atoms with Crippen LogP contribution in [0.15, 0.2) is 0 Å². The van der Waals surface area contributed by atoms with Crippen LogP contribution in [0.2, 0.25) is 0 Å². The van der Waals surface area contributed by atoms with Gasteiger partial charge in [0, 0.05) is 20.2 Å². The zero-order valence-electron chi connectivity index (χ0n) is 8.12. The van der Waals surface area contributed by atoms with Gasteiger partial charge in [-0.1, -0.05) is 6.92 Å². The first kappa shape index (κ1) is 10.8. The monoisotopic (exact) mass is 205 g/mol. The molecule has 13 heavy (non-hydrogen) atoms. The third-order valence-corrected chi connectivity index (χ3v) is 2.91. The van der Waals surface area contributed by atoms with Crippen molar-refractivity contribution in [3.8, 4) is 0 Å². The number of rotatable bonds is 3. The van der Waals surface area contributed by atoms with Gasteiger partial charge in [-0.15, -0.1) is 11.6 Å². The van der Waals surface area contributed by atoms with Crippen LogP contribution in [-0.2, 0) is 9.53 Å². The van der Waals surface area contributed by atoms with Crippen LogP contribution in [-0.4, -0.2) is 42.5 Å². The Morgan fingerprint density at radius 1 is 1.77 bits per heavy atom. The standard InChI is InChI=1S/C9H16ClNO2/c1-3-8(10)9(12)11-5-4-7(6-11)13-2/h7-8H,3-6H2,1-2H3/t7-,8-/m1/s1. The summed E-state index contributed by atoms with van der Waals surface area (Å²) in [7, 11) is 1.68. The summed E-state index contributed by atoms with van der Waals surface area (Å²) in [4.78, 5) is 13.4. The fourth-order valence-corrected chi connectivity index (χ4v) is 1.63. The normalized spacial score (nSPS) is 24.8. The zero-order chi connectivity index (χ0) is 9.84. The van der Waals surface area contributed by atoms with Crippen molar-refractivity contribution >= 4 is 17.5 Å². The molecule has 0 aromatic rings. The number of amides is 1. The molecule has 2 atom stereocenters. The Morgan fingerprint density at radius 2 is 2.46 bits per heavy atom. The minimum Gasteiger partial charge on any atom is -0.380 e. The van der Waals surface area contributed by atoms with Crippen LogP contribution in [0.25, 0.3) is 0 Å². The Kier molecular flexibility index (Phi) is 4.00. The largest absolute Gasteiger partial charge is 0.380 e. The molecule has 1 saturated heterocycles. The molecule has 0 aromatic heterocycles. The van der Waals surface area contributed by atoms with E-state index in [4.69, 9.17) is 16.3 Å². The first-order valence-corrected chi connectivity index (χ1v) is 5.08. The number of nitrogens with zero attached hydrogens (tertiary/aromatic N) is 1. The molecule has 0 N–H and O–H groups in total. The highest BCUT2D eigenvalue weighted by Gasteiger charge is 2.28. The smallest absolute Gasteiger partial charge is 0.240 e. The fraction of sp³-hybridized carbons (Fsp3) is 0.889. The maximum atomic E-state index is 11.6. The Morgan fingerprint density at radius 3 is 2.92 bits per heavy atom. The van der Waals surface area contributed by atoms with E-state index in [-0.39, 0.29) is 17.4 Å². The second kappa shape index (κ2) is 4.82. The minimum atomic E-state index is -0.365. The average molecular weight is 206 g/mol. The molecule has 0 aromatic carbocycles. The first-order chi connectivity index (χ1) is 6.19. The molecule has 3 nitrogen and oxygen atoms in total. The van der Waals surface area contributed by atoms with Crippen LogP contribution < -0.4 is 0 Å².